The predicted octanol–water partition coefficient (Wildman–Crippen LogP) is 3.36. The maximum atomic E-state index is 11.9. The lowest BCUT2D eigenvalue weighted by molar-refractivity contribution is -0.123. The van der Waals surface area contributed by atoms with E-state index in [-0.39, 0.29) is 12.5 Å². The Hall–Kier alpha value is -2.49. The molecule has 1 amide bonds. The van der Waals surface area contributed by atoms with E-state index in [1.807, 2.05) is 44.2 Å². The van der Waals surface area contributed by atoms with Gasteiger partial charge in [-0.25, -0.2) is 0 Å². The van der Waals surface area contributed by atoms with Gasteiger partial charge in [-0.1, -0.05) is 18.2 Å². The Bertz CT molecular complexity index is 693. The second-order valence-electron chi connectivity index (χ2n) is 5.94. The summed E-state index contributed by atoms with van der Waals surface area (Å²) in [6.07, 6.45) is 0.776. The van der Waals surface area contributed by atoms with Crippen LogP contribution in [0.2, 0.25) is 0 Å². The average Bonchev–Trinajstić information content (AvgIpc) is 2.57. The van der Waals surface area contributed by atoms with Crippen LogP contribution < -0.4 is 14.8 Å². The van der Waals surface area contributed by atoms with Crippen LogP contribution in [0.5, 0.6) is 11.5 Å². The molecule has 0 spiro atoms. The van der Waals surface area contributed by atoms with E-state index < -0.39 is 0 Å². The molecule has 4 heteroatoms. The summed E-state index contributed by atoms with van der Waals surface area (Å²) in [5.74, 6) is 1.49. The van der Waals surface area contributed by atoms with Crippen molar-refractivity contribution in [2.24, 2.45) is 0 Å². The Morgan fingerprint density at radius 1 is 1.00 bits per heavy atom. The third-order valence-corrected chi connectivity index (χ3v) is 4.04. The first-order valence-electron chi connectivity index (χ1n) is 8.10. The highest BCUT2D eigenvalue weighted by Crippen LogP contribution is 2.22. The first-order valence-corrected chi connectivity index (χ1v) is 8.10. The summed E-state index contributed by atoms with van der Waals surface area (Å²) in [7, 11) is 1.65. The van der Waals surface area contributed by atoms with Crippen molar-refractivity contribution < 1.29 is 14.3 Å². The molecule has 128 valence electrons. The first-order chi connectivity index (χ1) is 11.5. The summed E-state index contributed by atoms with van der Waals surface area (Å²) in [6, 6.07) is 11.9. The van der Waals surface area contributed by atoms with Crippen LogP contribution in [-0.2, 0) is 11.2 Å². The zero-order valence-corrected chi connectivity index (χ0v) is 14.8. The lowest BCUT2D eigenvalue weighted by Gasteiger charge is -2.12. The standard InChI is InChI=1S/C20H25NO3/c1-14-11-16(3)19(12-15(14)2)24-13-20(22)21-10-9-17-5-7-18(23-4)8-6-17/h5-8,11-12H,9-10,13H2,1-4H3,(H,21,22). The molecular weight excluding hydrogens is 302 g/mol. The number of aryl methyl sites for hydroxylation is 3. The maximum Gasteiger partial charge on any atom is 0.257 e. The van der Waals surface area contributed by atoms with E-state index in [1.54, 1.807) is 7.11 Å². The summed E-state index contributed by atoms with van der Waals surface area (Å²) in [6.45, 7) is 6.71. The van der Waals surface area contributed by atoms with E-state index in [2.05, 4.69) is 18.3 Å². The van der Waals surface area contributed by atoms with Gasteiger partial charge in [0.1, 0.15) is 11.5 Å². The molecule has 0 bridgehead atoms. The lowest BCUT2D eigenvalue weighted by Crippen LogP contribution is -2.30. The van der Waals surface area contributed by atoms with Gasteiger partial charge in [0.2, 0.25) is 0 Å². The largest absolute Gasteiger partial charge is 0.497 e. The number of carbonyl (C=O) groups excluding carboxylic acids is 1. The normalized spacial score (nSPS) is 10.3. The topological polar surface area (TPSA) is 47.6 Å². The minimum atomic E-state index is -0.110. The fourth-order valence-corrected chi connectivity index (χ4v) is 2.42. The number of benzene rings is 2. The summed E-state index contributed by atoms with van der Waals surface area (Å²) in [5.41, 5.74) is 4.59. The fourth-order valence-electron chi connectivity index (χ4n) is 2.42. The van der Waals surface area contributed by atoms with Crippen LogP contribution in [-0.4, -0.2) is 26.2 Å². The molecule has 0 saturated carbocycles. The van der Waals surface area contributed by atoms with Gasteiger partial charge in [-0.2, -0.15) is 0 Å². The Kier molecular flexibility index (Phi) is 6.24. The summed E-state index contributed by atoms with van der Waals surface area (Å²) >= 11 is 0. The Labute approximate surface area is 143 Å². The van der Waals surface area contributed by atoms with Crippen LogP contribution in [0.1, 0.15) is 22.3 Å². The molecule has 0 saturated heterocycles. The van der Waals surface area contributed by atoms with E-state index >= 15 is 0 Å². The van der Waals surface area contributed by atoms with Crippen molar-refractivity contribution in [2.75, 3.05) is 20.3 Å². The van der Waals surface area contributed by atoms with Crippen molar-refractivity contribution >= 4 is 5.91 Å². The number of rotatable bonds is 7. The molecule has 0 aliphatic carbocycles. The smallest absolute Gasteiger partial charge is 0.257 e. The van der Waals surface area contributed by atoms with Crippen LogP contribution in [0.15, 0.2) is 36.4 Å². The molecule has 0 aliphatic rings. The molecule has 0 unspecified atom stereocenters. The first kappa shape index (κ1) is 17.9. The van der Waals surface area contributed by atoms with Crippen molar-refractivity contribution in [2.45, 2.75) is 27.2 Å². The minimum Gasteiger partial charge on any atom is -0.497 e. The molecule has 0 atom stereocenters. The van der Waals surface area contributed by atoms with Crippen molar-refractivity contribution in [3.8, 4) is 11.5 Å². The van der Waals surface area contributed by atoms with Crippen LogP contribution in [0.4, 0.5) is 0 Å². The van der Waals surface area contributed by atoms with E-state index in [1.165, 1.54) is 5.56 Å². The van der Waals surface area contributed by atoms with Crippen LogP contribution in [0, 0.1) is 20.8 Å². The van der Waals surface area contributed by atoms with Gasteiger partial charge >= 0.3 is 0 Å². The fraction of sp³-hybridized carbons (Fsp3) is 0.350. The second-order valence-corrected chi connectivity index (χ2v) is 5.94. The zero-order chi connectivity index (χ0) is 17.5. The number of nitrogens with one attached hydrogen (secondary N) is 1. The molecule has 2 aromatic rings. The predicted molar refractivity (Wildman–Crippen MR) is 95.9 cm³/mol. The van der Waals surface area contributed by atoms with E-state index in [4.69, 9.17) is 9.47 Å². The van der Waals surface area contributed by atoms with Gasteiger partial charge in [-0.15, -0.1) is 0 Å². The highest BCUT2D eigenvalue weighted by molar-refractivity contribution is 5.77. The van der Waals surface area contributed by atoms with Crippen LogP contribution in [0.3, 0.4) is 0 Å². The highest BCUT2D eigenvalue weighted by Gasteiger charge is 2.06. The lowest BCUT2D eigenvalue weighted by atomic mass is 10.1. The average molecular weight is 327 g/mol. The molecule has 1 N–H and O–H groups in total. The zero-order valence-electron chi connectivity index (χ0n) is 14.8. The number of ether oxygens (including phenoxy) is 2. The van der Waals surface area contributed by atoms with Gasteiger partial charge in [0.15, 0.2) is 6.61 Å². The minimum absolute atomic E-state index is 0.0337. The van der Waals surface area contributed by atoms with Gasteiger partial charge in [0, 0.05) is 6.54 Å². The van der Waals surface area contributed by atoms with Gasteiger partial charge in [-0.05, 0) is 67.6 Å². The number of hydrogen-bond donors (Lipinski definition) is 1. The van der Waals surface area contributed by atoms with E-state index in [0.717, 1.165) is 34.6 Å². The van der Waals surface area contributed by atoms with E-state index in [9.17, 15) is 4.79 Å². The van der Waals surface area contributed by atoms with Gasteiger partial charge in [0.25, 0.3) is 5.91 Å². The third-order valence-electron chi connectivity index (χ3n) is 4.04. The number of amides is 1. The molecular formula is C20H25NO3. The Morgan fingerprint density at radius 3 is 2.33 bits per heavy atom. The summed E-state index contributed by atoms with van der Waals surface area (Å²) < 4.78 is 10.8. The third kappa shape index (κ3) is 5.01. The van der Waals surface area contributed by atoms with Gasteiger partial charge < -0.3 is 14.8 Å². The quantitative estimate of drug-likeness (QED) is 0.848. The summed E-state index contributed by atoms with van der Waals surface area (Å²) in [4.78, 5) is 11.9. The molecule has 0 heterocycles. The maximum absolute atomic E-state index is 11.9. The molecule has 0 aromatic heterocycles. The van der Waals surface area contributed by atoms with Crippen molar-refractivity contribution in [3.05, 3.63) is 58.7 Å². The van der Waals surface area contributed by atoms with Crippen molar-refractivity contribution in [3.63, 3.8) is 0 Å². The molecule has 0 fully saturated rings. The monoisotopic (exact) mass is 327 g/mol. The van der Waals surface area contributed by atoms with Crippen molar-refractivity contribution in [1.82, 2.24) is 5.32 Å². The Balaban J connectivity index is 1.76. The number of methoxy groups -OCH3 is 1. The van der Waals surface area contributed by atoms with Gasteiger partial charge in [0.05, 0.1) is 7.11 Å². The molecule has 0 radical (unpaired) electrons. The second kappa shape index (κ2) is 8.39. The van der Waals surface area contributed by atoms with Crippen LogP contribution in [0.25, 0.3) is 0 Å². The molecule has 24 heavy (non-hydrogen) atoms. The molecule has 2 aromatic carbocycles. The molecule has 0 aliphatic heterocycles. The highest BCUT2D eigenvalue weighted by atomic mass is 16.5. The SMILES string of the molecule is COc1ccc(CCNC(=O)COc2cc(C)c(C)cc2C)cc1. The molecule has 2 rings (SSSR count). The molecule has 4 nitrogen and oxygen atoms in total. The van der Waals surface area contributed by atoms with Crippen LogP contribution >= 0.6 is 0 Å². The van der Waals surface area contributed by atoms with E-state index in [0.29, 0.717) is 6.54 Å². The number of carbonyl (C=O) groups is 1. The Morgan fingerprint density at radius 2 is 1.67 bits per heavy atom. The number of hydrogen-bond acceptors (Lipinski definition) is 3. The van der Waals surface area contributed by atoms with Crippen molar-refractivity contribution in [1.29, 1.82) is 0 Å². The summed E-state index contributed by atoms with van der Waals surface area (Å²) in [5, 5.41) is 2.88. The van der Waals surface area contributed by atoms with Gasteiger partial charge in [-0.3, -0.25) is 4.79 Å².